The van der Waals surface area contributed by atoms with Crippen molar-refractivity contribution < 1.29 is 0 Å². The number of nitrogens with one attached hydrogen (secondary N) is 1. The zero-order valence-corrected chi connectivity index (χ0v) is 18.7. The molecule has 4 aromatic rings. The van der Waals surface area contributed by atoms with Gasteiger partial charge in [-0.2, -0.15) is 0 Å². The van der Waals surface area contributed by atoms with Crippen LogP contribution in [0.15, 0.2) is 42.0 Å². The number of benzene rings is 1. The lowest BCUT2D eigenvalue weighted by Gasteiger charge is -2.41. The monoisotopic (exact) mass is 422 g/mol. The molecule has 0 saturated carbocycles. The number of thiophene rings is 1. The fourth-order valence-corrected chi connectivity index (χ4v) is 6.54. The predicted octanol–water partition coefficient (Wildman–Crippen LogP) is 6.63. The van der Waals surface area contributed by atoms with Crippen molar-refractivity contribution in [3.05, 3.63) is 46.9 Å². The second kappa shape index (κ2) is 7.67. The van der Waals surface area contributed by atoms with Gasteiger partial charge in [-0.15, -0.1) is 22.7 Å². The molecule has 0 amide bonds. The Kier molecular flexibility index (Phi) is 5.02. The summed E-state index contributed by atoms with van der Waals surface area (Å²) in [7, 11) is 0. The summed E-state index contributed by atoms with van der Waals surface area (Å²) in [6.45, 7) is 8.23. The van der Waals surface area contributed by atoms with Crippen molar-refractivity contribution in [1.82, 2.24) is 14.9 Å². The molecule has 4 nitrogen and oxygen atoms in total. The van der Waals surface area contributed by atoms with E-state index in [2.05, 4.69) is 71.3 Å². The van der Waals surface area contributed by atoms with Gasteiger partial charge in [0.25, 0.3) is 0 Å². The molecule has 1 aliphatic rings. The van der Waals surface area contributed by atoms with E-state index in [-0.39, 0.29) is 0 Å². The van der Waals surface area contributed by atoms with Gasteiger partial charge in [-0.1, -0.05) is 0 Å². The molecular weight excluding hydrogens is 396 g/mol. The third-order valence-electron chi connectivity index (χ3n) is 6.13. The zero-order chi connectivity index (χ0) is 20.0. The van der Waals surface area contributed by atoms with Crippen LogP contribution in [0.1, 0.15) is 44.4 Å². The van der Waals surface area contributed by atoms with Gasteiger partial charge in [0.15, 0.2) is 0 Å². The van der Waals surface area contributed by atoms with E-state index in [1.165, 1.54) is 34.3 Å². The zero-order valence-electron chi connectivity index (χ0n) is 17.1. The highest BCUT2D eigenvalue weighted by Gasteiger charge is 2.31. The lowest BCUT2D eigenvalue weighted by molar-refractivity contribution is 0.106. The number of fused-ring (bicyclic) bond motifs is 2. The number of anilines is 2. The summed E-state index contributed by atoms with van der Waals surface area (Å²) < 4.78 is 1.22. The van der Waals surface area contributed by atoms with Gasteiger partial charge in [0.1, 0.15) is 4.83 Å². The van der Waals surface area contributed by atoms with Gasteiger partial charge in [-0.3, -0.25) is 4.90 Å². The van der Waals surface area contributed by atoms with E-state index in [0.717, 1.165) is 21.7 Å². The van der Waals surface area contributed by atoms with E-state index >= 15 is 0 Å². The summed E-state index contributed by atoms with van der Waals surface area (Å²) in [6.07, 6.45) is 4.45. The Hall–Kier alpha value is -2.02. The molecule has 5 rings (SSSR count). The molecule has 0 bridgehead atoms. The highest BCUT2D eigenvalue weighted by molar-refractivity contribution is 7.18. The normalized spacial score (nSPS) is 20.7. The minimum atomic E-state index is 0.570. The number of pyridine rings is 1. The van der Waals surface area contributed by atoms with Crippen LogP contribution in [-0.4, -0.2) is 33.5 Å². The Balaban J connectivity index is 1.47. The maximum atomic E-state index is 4.67. The van der Waals surface area contributed by atoms with Crippen molar-refractivity contribution in [1.29, 1.82) is 0 Å². The van der Waals surface area contributed by atoms with Crippen LogP contribution in [0.25, 0.3) is 20.4 Å². The Bertz CT molecular complexity index is 1150. The van der Waals surface area contributed by atoms with Crippen LogP contribution in [0.3, 0.4) is 0 Å². The Morgan fingerprint density at radius 3 is 2.93 bits per heavy atom. The van der Waals surface area contributed by atoms with E-state index < -0.39 is 0 Å². The van der Waals surface area contributed by atoms with Crippen molar-refractivity contribution in [3.63, 3.8) is 0 Å². The lowest BCUT2D eigenvalue weighted by Crippen LogP contribution is -2.45. The number of hydrogen-bond acceptors (Lipinski definition) is 6. The van der Waals surface area contributed by atoms with Crippen LogP contribution in [0.4, 0.5) is 11.4 Å². The van der Waals surface area contributed by atoms with Gasteiger partial charge in [0.05, 0.1) is 21.4 Å². The molecule has 2 atom stereocenters. The van der Waals surface area contributed by atoms with Crippen LogP contribution < -0.4 is 5.32 Å². The van der Waals surface area contributed by atoms with Crippen LogP contribution >= 0.6 is 22.7 Å². The number of aromatic nitrogens is 2. The van der Waals surface area contributed by atoms with Crippen LogP contribution in [0.2, 0.25) is 0 Å². The van der Waals surface area contributed by atoms with Crippen LogP contribution in [0, 0.1) is 0 Å². The second-order valence-electron chi connectivity index (χ2n) is 8.21. The topological polar surface area (TPSA) is 41.0 Å². The van der Waals surface area contributed by atoms with Gasteiger partial charge in [0, 0.05) is 40.1 Å². The van der Waals surface area contributed by atoms with Gasteiger partial charge in [0.2, 0.25) is 0 Å². The van der Waals surface area contributed by atoms with E-state index in [1.54, 1.807) is 11.3 Å². The summed E-state index contributed by atoms with van der Waals surface area (Å²) in [5.41, 5.74) is 5.13. The summed E-state index contributed by atoms with van der Waals surface area (Å²) in [6, 6.07) is 12.0. The van der Waals surface area contributed by atoms with E-state index in [9.17, 15) is 0 Å². The van der Waals surface area contributed by atoms with Crippen LogP contribution in [0.5, 0.6) is 0 Å². The van der Waals surface area contributed by atoms with Gasteiger partial charge in [-0.25, -0.2) is 9.97 Å². The van der Waals surface area contributed by atoms with E-state index in [1.807, 2.05) is 23.0 Å². The minimum Gasteiger partial charge on any atom is -0.355 e. The number of thiazole rings is 1. The molecule has 0 radical (unpaired) electrons. The number of piperidine rings is 1. The van der Waals surface area contributed by atoms with E-state index in [4.69, 9.17) is 0 Å². The Morgan fingerprint density at radius 1 is 1.17 bits per heavy atom. The van der Waals surface area contributed by atoms with Crippen molar-refractivity contribution in [2.45, 2.75) is 51.6 Å². The lowest BCUT2D eigenvalue weighted by atomic mass is 9.88. The first-order valence-electron chi connectivity index (χ1n) is 10.3. The number of nitrogens with zero attached hydrogens (tertiary/aromatic N) is 3. The summed E-state index contributed by atoms with van der Waals surface area (Å²) in [5.74, 6) is 0.588. The first-order valence-corrected chi connectivity index (χ1v) is 12.0. The highest BCUT2D eigenvalue weighted by atomic mass is 32.1. The number of hydrogen-bond donors (Lipinski definition) is 1. The molecular formula is C23H26N4S2. The van der Waals surface area contributed by atoms with Crippen molar-refractivity contribution in [3.8, 4) is 0 Å². The van der Waals surface area contributed by atoms with Gasteiger partial charge >= 0.3 is 0 Å². The first kappa shape index (κ1) is 19.0. The molecule has 0 spiro atoms. The first-order chi connectivity index (χ1) is 14.1. The average molecular weight is 423 g/mol. The molecule has 4 heterocycles. The molecule has 0 aliphatic carbocycles. The summed E-state index contributed by atoms with van der Waals surface area (Å²) in [5, 5.41) is 4.83. The van der Waals surface area contributed by atoms with Crippen molar-refractivity contribution in [2.75, 3.05) is 11.9 Å². The third kappa shape index (κ3) is 3.54. The molecule has 1 N–H and O–H groups in total. The Labute approximate surface area is 179 Å². The molecule has 3 aromatic heterocycles. The summed E-state index contributed by atoms with van der Waals surface area (Å²) in [4.78, 5) is 14.3. The molecule has 0 unspecified atom stereocenters. The Morgan fingerprint density at radius 2 is 2.07 bits per heavy atom. The minimum absolute atomic E-state index is 0.570. The second-order valence-corrected chi connectivity index (χ2v) is 10.2. The maximum absolute atomic E-state index is 4.67. The van der Waals surface area contributed by atoms with Crippen molar-refractivity contribution in [2.24, 2.45) is 0 Å². The maximum Gasteiger partial charge on any atom is 0.125 e. The smallest absolute Gasteiger partial charge is 0.125 e. The van der Waals surface area contributed by atoms with Crippen molar-refractivity contribution >= 4 is 54.5 Å². The molecule has 29 heavy (non-hydrogen) atoms. The van der Waals surface area contributed by atoms with Gasteiger partial charge in [-0.05, 0) is 70.5 Å². The standard InChI is InChI=1S/C23H26N4S2/c1-14(2)27-10-4-5-17(15(27)3)22-12-18-19(8-9-24-23(18)29-22)26-16-6-7-21-20(11-16)25-13-28-21/h6-9,11-15,17H,4-5,10H2,1-3H3,(H,24,26)/t15-,17-/m0/s1. The average Bonchev–Trinajstić information content (AvgIpc) is 3.34. The fourth-order valence-electron chi connectivity index (χ4n) is 4.62. The SMILES string of the molecule is CC(C)N1CCC[C@H](c2cc3c(Nc4ccc5scnc5c4)ccnc3s2)[C@@H]1C. The van der Waals surface area contributed by atoms with E-state index in [0.29, 0.717) is 18.0 Å². The summed E-state index contributed by atoms with van der Waals surface area (Å²) >= 11 is 3.54. The number of likely N-dealkylation sites (tertiary alicyclic amines) is 1. The van der Waals surface area contributed by atoms with Gasteiger partial charge < -0.3 is 5.32 Å². The molecule has 1 aliphatic heterocycles. The number of rotatable bonds is 4. The predicted molar refractivity (Wildman–Crippen MR) is 126 cm³/mol. The van der Waals surface area contributed by atoms with Crippen LogP contribution in [-0.2, 0) is 0 Å². The molecule has 1 saturated heterocycles. The molecule has 6 heteroatoms. The molecule has 1 aromatic carbocycles. The largest absolute Gasteiger partial charge is 0.355 e. The highest BCUT2D eigenvalue weighted by Crippen LogP contribution is 2.41. The molecule has 150 valence electrons. The quantitative estimate of drug-likeness (QED) is 0.401. The third-order valence-corrected chi connectivity index (χ3v) is 8.11. The molecule has 1 fully saturated rings. The fraction of sp³-hybridized carbons (Fsp3) is 0.391.